The normalized spacial score (nSPS) is 11.0. The molecule has 0 unspecified atom stereocenters. The number of carbonyl (C=O) groups excluding carboxylic acids is 1. The molecule has 0 amide bonds. The van der Waals surface area contributed by atoms with E-state index in [1.165, 1.54) is 7.11 Å². The Labute approximate surface area is 172 Å². The maximum Gasteiger partial charge on any atom is 0.337 e. The number of halogens is 1. The average molecular weight is 407 g/mol. The first-order chi connectivity index (χ1) is 14.0. The molecule has 0 aliphatic carbocycles. The second-order valence-electron chi connectivity index (χ2n) is 6.86. The maximum atomic E-state index is 13.4. The van der Waals surface area contributed by atoms with Crippen LogP contribution in [0.4, 0.5) is 0 Å². The summed E-state index contributed by atoms with van der Waals surface area (Å²) in [7, 11) is 1.35. The monoisotopic (exact) mass is 406 g/mol. The second kappa shape index (κ2) is 7.60. The highest BCUT2D eigenvalue weighted by Gasteiger charge is 2.16. The molecule has 0 saturated carbocycles. The van der Waals surface area contributed by atoms with Gasteiger partial charge in [-0.05, 0) is 55.0 Å². The van der Waals surface area contributed by atoms with Crippen LogP contribution in [0.2, 0.25) is 5.02 Å². The zero-order valence-electron chi connectivity index (χ0n) is 16.1. The molecule has 1 aromatic heterocycles. The standard InChI is InChI=1S/C23H19ClN2O3/c1-15-6-9-19(10-7-15)26-21-13-18(24)8-11-20(21)25(23(26)28)14-16-4-3-5-17(12-16)22(27)29-2/h3-13H,14H2,1-2H3. The van der Waals surface area contributed by atoms with E-state index in [2.05, 4.69) is 0 Å². The molecule has 4 aromatic rings. The first-order valence-corrected chi connectivity index (χ1v) is 9.51. The van der Waals surface area contributed by atoms with Crippen molar-refractivity contribution in [2.45, 2.75) is 13.5 Å². The fourth-order valence-electron chi connectivity index (χ4n) is 3.42. The molecule has 0 saturated heterocycles. The van der Waals surface area contributed by atoms with E-state index in [4.69, 9.17) is 16.3 Å². The Morgan fingerprint density at radius 2 is 1.76 bits per heavy atom. The van der Waals surface area contributed by atoms with Crippen LogP contribution in [-0.2, 0) is 11.3 Å². The molecular weight excluding hydrogens is 388 g/mol. The van der Waals surface area contributed by atoms with Crippen molar-refractivity contribution < 1.29 is 9.53 Å². The minimum absolute atomic E-state index is 0.172. The molecule has 0 aliphatic heterocycles. The Balaban J connectivity index is 1.88. The number of methoxy groups -OCH3 is 1. The quantitative estimate of drug-likeness (QED) is 0.466. The topological polar surface area (TPSA) is 53.2 Å². The van der Waals surface area contributed by atoms with Crippen molar-refractivity contribution in [3.05, 3.63) is 98.9 Å². The molecule has 0 radical (unpaired) electrons. The van der Waals surface area contributed by atoms with Crippen LogP contribution >= 0.6 is 11.6 Å². The van der Waals surface area contributed by atoms with E-state index >= 15 is 0 Å². The molecule has 0 fully saturated rings. The maximum absolute atomic E-state index is 13.4. The predicted octanol–water partition coefficient (Wildman–Crippen LogP) is 4.59. The molecule has 29 heavy (non-hydrogen) atoms. The van der Waals surface area contributed by atoms with E-state index in [9.17, 15) is 9.59 Å². The van der Waals surface area contributed by atoms with Crippen LogP contribution in [0, 0.1) is 6.92 Å². The lowest BCUT2D eigenvalue weighted by Gasteiger charge is -2.06. The first kappa shape index (κ1) is 19.0. The van der Waals surface area contributed by atoms with Gasteiger partial charge in [-0.15, -0.1) is 0 Å². The van der Waals surface area contributed by atoms with Gasteiger partial charge in [0.25, 0.3) is 0 Å². The van der Waals surface area contributed by atoms with E-state index in [0.29, 0.717) is 17.1 Å². The second-order valence-corrected chi connectivity index (χ2v) is 7.30. The molecule has 5 nitrogen and oxygen atoms in total. The van der Waals surface area contributed by atoms with E-state index < -0.39 is 5.97 Å². The predicted molar refractivity (Wildman–Crippen MR) is 114 cm³/mol. The Bertz CT molecular complexity index is 1270. The number of aromatic nitrogens is 2. The number of fused-ring (bicyclic) bond motifs is 1. The van der Waals surface area contributed by atoms with Crippen LogP contribution in [0.1, 0.15) is 21.5 Å². The Morgan fingerprint density at radius 3 is 2.48 bits per heavy atom. The van der Waals surface area contributed by atoms with Crippen molar-refractivity contribution >= 4 is 28.6 Å². The third-order valence-electron chi connectivity index (χ3n) is 4.87. The number of aryl methyl sites for hydroxylation is 1. The van der Waals surface area contributed by atoms with Crippen LogP contribution in [0.15, 0.2) is 71.5 Å². The summed E-state index contributed by atoms with van der Waals surface area (Å²) in [6.45, 7) is 2.32. The number of benzene rings is 3. The van der Waals surface area contributed by atoms with Gasteiger partial charge in [0.05, 0.1) is 35.9 Å². The summed E-state index contributed by atoms with van der Waals surface area (Å²) in [5.41, 5.74) is 4.49. The first-order valence-electron chi connectivity index (χ1n) is 9.13. The summed E-state index contributed by atoms with van der Waals surface area (Å²) in [4.78, 5) is 25.2. The Hall–Kier alpha value is -3.31. The van der Waals surface area contributed by atoms with Gasteiger partial charge < -0.3 is 4.74 Å². The van der Waals surface area contributed by atoms with Crippen molar-refractivity contribution in [2.24, 2.45) is 0 Å². The van der Waals surface area contributed by atoms with Crippen molar-refractivity contribution in [2.75, 3.05) is 7.11 Å². The summed E-state index contributed by atoms with van der Waals surface area (Å²) in [6, 6.07) is 20.3. The molecule has 6 heteroatoms. The number of esters is 1. The van der Waals surface area contributed by atoms with Gasteiger partial charge >= 0.3 is 11.7 Å². The smallest absolute Gasteiger partial charge is 0.337 e. The van der Waals surface area contributed by atoms with Crippen LogP contribution < -0.4 is 5.69 Å². The van der Waals surface area contributed by atoms with Crippen LogP contribution in [-0.4, -0.2) is 22.2 Å². The van der Waals surface area contributed by atoms with Crippen molar-refractivity contribution in [1.82, 2.24) is 9.13 Å². The van der Waals surface area contributed by atoms with Crippen LogP contribution in [0.3, 0.4) is 0 Å². The lowest BCUT2D eigenvalue weighted by atomic mass is 10.1. The molecule has 3 aromatic carbocycles. The summed E-state index contributed by atoms with van der Waals surface area (Å²) >= 11 is 6.22. The number of hydrogen-bond donors (Lipinski definition) is 0. The SMILES string of the molecule is COC(=O)c1cccc(Cn2c(=O)n(-c3ccc(C)cc3)c3cc(Cl)ccc32)c1. The highest BCUT2D eigenvalue weighted by molar-refractivity contribution is 6.31. The third-order valence-corrected chi connectivity index (χ3v) is 5.11. The van der Waals surface area contributed by atoms with Gasteiger partial charge in [0.15, 0.2) is 0 Å². The number of ether oxygens (including phenoxy) is 1. The van der Waals surface area contributed by atoms with Crippen molar-refractivity contribution in [1.29, 1.82) is 0 Å². The van der Waals surface area contributed by atoms with Gasteiger partial charge in [0.1, 0.15) is 0 Å². The molecule has 0 atom stereocenters. The van der Waals surface area contributed by atoms with E-state index in [1.54, 1.807) is 39.5 Å². The number of carbonyl (C=O) groups is 1. The number of imidazole rings is 1. The fraction of sp³-hybridized carbons (Fsp3) is 0.130. The van der Waals surface area contributed by atoms with Gasteiger partial charge in [-0.2, -0.15) is 0 Å². The minimum Gasteiger partial charge on any atom is -0.465 e. The largest absolute Gasteiger partial charge is 0.465 e. The molecule has 146 valence electrons. The summed E-state index contributed by atoms with van der Waals surface area (Å²) in [5.74, 6) is -0.409. The number of rotatable bonds is 4. The van der Waals surface area contributed by atoms with E-state index in [0.717, 1.165) is 27.8 Å². The van der Waals surface area contributed by atoms with E-state index in [-0.39, 0.29) is 5.69 Å². The molecule has 0 spiro atoms. The lowest BCUT2D eigenvalue weighted by molar-refractivity contribution is 0.0600. The Morgan fingerprint density at radius 1 is 1.00 bits per heavy atom. The molecule has 0 N–H and O–H groups in total. The van der Waals surface area contributed by atoms with E-state index in [1.807, 2.05) is 43.3 Å². The number of hydrogen-bond acceptors (Lipinski definition) is 3. The molecular formula is C23H19ClN2O3. The van der Waals surface area contributed by atoms with Crippen molar-refractivity contribution in [3.8, 4) is 5.69 Å². The van der Waals surface area contributed by atoms with Crippen molar-refractivity contribution in [3.63, 3.8) is 0 Å². The van der Waals surface area contributed by atoms with Gasteiger partial charge in [-0.3, -0.25) is 9.13 Å². The van der Waals surface area contributed by atoms with Crippen LogP contribution in [0.25, 0.3) is 16.7 Å². The van der Waals surface area contributed by atoms with Gasteiger partial charge in [0.2, 0.25) is 0 Å². The fourth-order valence-corrected chi connectivity index (χ4v) is 3.59. The molecule has 0 aliphatic rings. The summed E-state index contributed by atoms with van der Waals surface area (Å²) in [6.07, 6.45) is 0. The van der Waals surface area contributed by atoms with Gasteiger partial charge in [0, 0.05) is 5.02 Å². The van der Waals surface area contributed by atoms with Gasteiger partial charge in [-0.1, -0.05) is 41.4 Å². The molecule has 0 bridgehead atoms. The zero-order chi connectivity index (χ0) is 20.5. The highest BCUT2D eigenvalue weighted by atomic mass is 35.5. The summed E-state index contributed by atoms with van der Waals surface area (Å²) in [5, 5.41) is 0.559. The Kier molecular flexibility index (Phi) is 4.99. The highest BCUT2D eigenvalue weighted by Crippen LogP contribution is 2.23. The van der Waals surface area contributed by atoms with Crippen LogP contribution in [0.5, 0.6) is 0 Å². The minimum atomic E-state index is -0.409. The average Bonchev–Trinajstić information content (AvgIpc) is 2.99. The number of nitrogens with zero attached hydrogens (tertiary/aromatic N) is 2. The third kappa shape index (κ3) is 3.57. The summed E-state index contributed by atoms with van der Waals surface area (Å²) < 4.78 is 8.13. The van der Waals surface area contributed by atoms with Gasteiger partial charge in [-0.25, -0.2) is 9.59 Å². The lowest BCUT2D eigenvalue weighted by Crippen LogP contribution is -2.23. The zero-order valence-corrected chi connectivity index (χ0v) is 16.8. The molecule has 1 heterocycles. The molecule has 4 rings (SSSR count).